The van der Waals surface area contributed by atoms with Crippen LogP contribution in [0.25, 0.3) is 0 Å². The summed E-state index contributed by atoms with van der Waals surface area (Å²) in [6.07, 6.45) is 16.1. The minimum Gasteiger partial charge on any atom is -0.310 e. The van der Waals surface area contributed by atoms with E-state index >= 15 is 0 Å². The molecule has 3 heteroatoms. The summed E-state index contributed by atoms with van der Waals surface area (Å²) in [6, 6.07) is 41.5. The highest BCUT2D eigenvalue weighted by atomic mass is 32.4. The molecule has 8 rings (SSSR count). The predicted molar refractivity (Wildman–Crippen MR) is 233 cm³/mol. The maximum atomic E-state index is 7.00. The van der Waals surface area contributed by atoms with E-state index in [0.29, 0.717) is 5.92 Å². The standard InChI is InChI=1S/C50H50NPS/c1-8-9-22-40(34(2)3)50(37-18-12-10-13-19-37)42-31-35(4)25-28-45(42)51(46-29-26-36(5)32-43(46)50)38-27-30-48-44(33-38)49(6,7)41-23-16-17-24-47(41)52(48,53)39-20-14-11-15-21-39/h8-34,41,47H,1-7H3/b9-8-,40-22+. The lowest BCUT2D eigenvalue weighted by atomic mass is 9.59. The van der Waals surface area contributed by atoms with Crippen LogP contribution >= 0.6 is 6.04 Å². The van der Waals surface area contributed by atoms with E-state index in [1.165, 1.54) is 66.6 Å². The van der Waals surface area contributed by atoms with E-state index < -0.39 is 11.5 Å². The fourth-order valence-corrected chi connectivity index (χ4v) is 14.9. The van der Waals surface area contributed by atoms with Crippen LogP contribution in [0.5, 0.6) is 0 Å². The van der Waals surface area contributed by atoms with Crippen LogP contribution in [-0.2, 0) is 22.6 Å². The summed E-state index contributed by atoms with van der Waals surface area (Å²) in [5.41, 5.74) is 12.5. The lowest BCUT2D eigenvalue weighted by Crippen LogP contribution is -2.48. The van der Waals surface area contributed by atoms with Crippen molar-refractivity contribution >= 4 is 45.5 Å². The summed E-state index contributed by atoms with van der Waals surface area (Å²) in [5, 5.41) is 2.66. The Kier molecular flexibility index (Phi) is 9.00. The van der Waals surface area contributed by atoms with Gasteiger partial charge in [0.15, 0.2) is 0 Å². The average molecular weight is 728 g/mol. The molecule has 0 spiro atoms. The fraction of sp³-hybridized carbons (Fsp3) is 0.240. The van der Waals surface area contributed by atoms with Gasteiger partial charge < -0.3 is 4.90 Å². The minimum absolute atomic E-state index is 0.121. The molecule has 0 radical (unpaired) electrons. The van der Waals surface area contributed by atoms with Gasteiger partial charge in [-0.25, -0.2) is 0 Å². The van der Waals surface area contributed by atoms with Crippen molar-refractivity contribution in [3.8, 4) is 0 Å². The van der Waals surface area contributed by atoms with Crippen LogP contribution in [0.3, 0.4) is 0 Å². The number of hydrogen-bond donors (Lipinski definition) is 0. The second kappa shape index (κ2) is 13.4. The van der Waals surface area contributed by atoms with Gasteiger partial charge in [0.2, 0.25) is 0 Å². The molecule has 0 aromatic heterocycles. The zero-order chi connectivity index (χ0) is 37.1. The molecular weight excluding hydrogens is 678 g/mol. The van der Waals surface area contributed by atoms with E-state index in [9.17, 15) is 0 Å². The van der Waals surface area contributed by atoms with Crippen LogP contribution < -0.4 is 15.5 Å². The highest BCUT2D eigenvalue weighted by Gasteiger charge is 2.51. The molecule has 3 aliphatic rings. The topological polar surface area (TPSA) is 3.24 Å². The molecule has 0 N–H and O–H groups in total. The van der Waals surface area contributed by atoms with Crippen molar-refractivity contribution in [3.05, 3.63) is 197 Å². The Labute approximate surface area is 322 Å². The largest absolute Gasteiger partial charge is 0.310 e. The third-order valence-electron chi connectivity index (χ3n) is 12.1. The number of anilines is 3. The third kappa shape index (κ3) is 5.36. The summed E-state index contributed by atoms with van der Waals surface area (Å²) in [6.45, 7) is 16.2. The van der Waals surface area contributed by atoms with Crippen LogP contribution in [-0.4, -0.2) is 5.66 Å². The Morgan fingerprint density at radius 1 is 0.736 bits per heavy atom. The molecular formula is C50H50NPS. The molecule has 0 amide bonds. The molecule has 1 nitrogen and oxygen atoms in total. The molecule has 3 unspecified atom stereocenters. The van der Waals surface area contributed by atoms with Crippen molar-refractivity contribution in [2.45, 2.75) is 65.0 Å². The zero-order valence-electron chi connectivity index (χ0n) is 32.0. The first-order valence-corrected chi connectivity index (χ1v) is 22.0. The van der Waals surface area contributed by atoms with Gasteiger partial charge in [-0.2, -0.15) is 0 Å². The van der Waals surface area contributed by atoms with Crippen LogP contribution in [0.4, 0.5) is 17.1 Å². The maximum Gasteiger partial charge on any atom is 0.0708 e. The quantitative estimate of drug-likeness (QED) is 0.127. The Hall–Kier alpha value is -4.49. The Bertz CT molecular complexity index is 2320. The van der Waals surface area contributed by atoms with E-state index in [-0.39, 0.29) is 17.0 Å². The molecule has 2 aliphatic heterocycles. The fourth-order valence-electron chi connectivity index (χ4n) is 9.65. The Balaban J connectivity index is 1.45. The first-order chi connectivity index (χ1) is 25.5. The van der Waals surface area contributed by atoms with Gasteiger partial charge >= 0.3 is 0 Å². The molecule has 0 bridgehead atoms. The third-order valence-corrected chi connectivity index (χ3v) is 17.6. The van der Waals surface area contributed by atoms with Gasteiger partial charge in [-0.3, -0.25) is 0 Å². The molecule has 2 heterocycles. The summed E-state index contributed by atoms with van der Waals surface area (Å²) in [4.78, 5) is 2.55. The van der Waals surface area contributed by atoms with Crippen molar-refractivity contribution in [3.63, 3.8) is 0 Å². The van der Waals surface area contributed by atoms with Gasteiger partial charge in [-0.1, -0.05) is 184 Å². The Morgan fingerprint density at radius 3 is 1.94 bits per heavy atom. The SMILES string of the molecule is C/C=C\C=C(/C(C)C)C1(c2ccccc2)c2cc(C)ccc2N(c2ccc3c(c2)C(C)(C)C2C=CC=CC2P3(=S)c2ccccc2)c2ccc(C)cc21. The zero-order valence-corrected chi connectivity index (χ0v) is 33.8. The first kappa shape index (κ1) is 35.5. The number of nitrogens with zero attached hydrogens (tertiary/aromatic N) is 1. The van der Waals surface area contributed by atoms with Crippen molar-refractivity contribution in [1.82, 2.24) is 0 Å². The van der Waals surface area contributed by atoms with Crippen molar-refractivity contribution < 1.29 is 0 Å². The van der Waals surface area contributed by atoms with Crippen molar-refractivity contribution in [2.24, 2.45) is 11.8 Å². The maximum absolute atomic E-state index is 7.00. The lowest BCUT2D eigenvalue weighted by Gasteiger charge is -2.51. The van der Waals surface area contributed by atoms with E-state index in [2.05, 4.69) is 211 Å². The summed E-state index contributed by atoms with van der Waals surface area (Å²) in [5.74, 6) is 0.598. The van der Waals surface area contributed by atoms with E-state index in [1.54, 1.807) is 0 Å². The van der Waals surface area contributed by atoms with Gasteiger partial charge in [0.05, 0.1) is 16.8 Å². The van der Waals surface area contributed by atoms with Crippen LogP contribution in [0.2, 0.25) is 0 Å². The van der Waals surface area contributed by atoms with Gasteiger partial charge in [0.25, 0.3) is 0 Å². The van der Waals surface area contributed by atoms with E-state index in [4.69, 9.17) is 11.8 Å². The summed E-state index contributed by atoms with van der Waals surface area (Å²) in [7, 11) is 0. The van der Waals surface area contributed by atoms with Gasteiger partial charge in [-0.15, -0.1) is 0 Å². The molecule has 1 aliphatic carbocycles. The average Bonchev–Trinajstić information content (AvgIpc) is 3.17. The van der Waals surface area contributed by atoms with Gasteiger partial charge in [-0.05, 0) is 101 Å². The van der Waals surface area contributed by atoms with E-state index in [0.717, 1.165) is 0 Å². The number of hydrogen-bond acceptors (Lipinski definition) is 2. The molecule has 5 aromatic carbocycles. The molecule has 266 valence electrons. The summed E-state index contributed by atoms with van der Waals surface area (Å²) >= 11 is 7.00. The molecule has 3 atom stereocenters. The van der Waals surface area contributed by atoms with Gasteiger partial charge in [0, 0.05) is 17.4 Å². The van der Waals surface area contributed by atoms with Crippen molar-refractivity contribution in [2.75, 3.05) is 4.90 Å². The Morgan fingerprint density at radius 2 is 1.34 bits per heavy atom. The highest BCUT2D eigenvalue weighted by Crippen LogP contribution is 2.64. The van der Waals surface area contributed by atoms with Crippen molar-refractivity contribution in [1.29, 1.82) is 0 Å². The number of fused-ring (bicyclic) bond motifs is 4. The first-order valence-electron chi connectivity index (χ1n) is 19.1. The second-order valence-electron chi connectivity index (χ2n) is 16.0. The van der Waals surface area contributed by atoms with Crippen LogP contribution in [0.1, 0.15) is 68.0 Å². The molecule has 53 heavy (non-hydrogen) atoms. The van der Waals surface area contributed by atoms with E-state index in [1.807, 2.05) is 0 Å². The predicted octanol–water partition coefficient (Wildman–Crippen LogP) is 12.4. The smallest absolute Gasteiger partial charge is 0.0708 e. The number of allylic oxidation sites excluding steroid dienone is 8. The molecule has 0 fully saturated rings. The monoisotopic (exact) mass is 727 g/mol. The normalized spacial score (nSPS) is 22.3. The number of rotatable bonds is 6. The highest BCUT2D eigenvalue weighted by molar-refractivity contribution is 8.22. The second-order valence-corrected chi connectivity index (χ2v) is 20.6. The van der Waals surface area contributed by atoms with Crippen LogP contribution in [0, 0.1) is 25.7 Å². The summed E-state index contributed by atoms with van der Waals surface area (Å²) < 4.78 is 0. The van der Waals surface area contributed by atoms with Crippen LogP contribution in [0.15, 0.2) is 163 Å². The molecule has 5 aromatic rings. The van der Waals surface area contributed by atoms with Gasteiger partial charge in [0.1, 0.15) is 0 Å². The number of aryl methyl sites for hydroxylation is 2. The molecule has 0 saturated carbocycles. The molecule has 0 saturated heterocycles. The number of benzene rings is 5. The lowest BCUT2D eigenvalue weighted by molar-refractivity contribution is 0.384. The minimum atomic E-state index is -2.21.